The van der Waals surface area contributed by atoms with Crippen molar-refractivity contribution in [3.8, 4) is 5.75 Å². The number of nitrogens with zero attached hydrogens (tertiary/aromatic N) is 2. The van der Waals surface area contributed by atoms with Crippen LogP contribution in [0.15, 0.2) is 36.4 Å². The van der Waals surface area contributed by atoms with Gasteiger partial charge < -0.3 is 15.0 Å². The Bertz CT molecular complexity index is 1110. The number of ether oxygens (including phenoxy) is 1. The minimum atomic E-state index is 0.712. The monoisotopic (exact) mass is 483 g/mol. The number of aromatic nitrogens is 1. The highest BCUT2D eigenvalue weighted by atomic mass is 35.5. The predicted octanol–water partition coefficient (Wildman–Crippen LogP) is 6.85. The van der Waals surface area contributed by atoms with E-state index in [2.05, 4.69) is 34.1 Å². The van der Waals surface area contributed by atoms with Crippen LogP contribution in [0.25, 0.3) is 21.8 Å². The SMILES string of the molecule is COc1ccc2nc3cc(Cl)ccc3c(NCCCSC[C@@H]3CCCN4CCCC[C@H]34)c2c1. The van der Waals surface area contributed by atoms with Crippen LogP contribution in [-0.4, -0.2) is 54.2 Å². The average Bonchev–Trinajstić information content (AvgIpc) is 2.85. The van der Waals surface area contributed by atoms with E-state index >= 15 is 0 Å². The van der Waals surface area contributed by atoms with E-state index in [4.69, 9.17) is 21.3 Å². The van der Waals surface area contributed by atoms with Gasteiger partial charge in [0.1, 0.15) is 5.75 Å². The van der Waals surface area contributed by atoms with Gasteiger partial charge >= 0.3 is 0 Å². The Hall–Kier alpha value is -1.69. The van der Waals surface area contributed by atoms with Crippen molar-refractivity contribution < 1.29 is 4.74 Å². The van der Waals surface area contributed by atoms with Gasteiger partial charge in [-0.3, -0.25) is 0 Å². The molecule has 2 aliphatic rings. The molecule has 2 aliphatic heterocycles. The van der Waals surface area contributed by atoms with Gasteiger partial charge in [-0.1, -0.05) is 18.0 Å². The number of pyridine rings is 1. The Balaban J connectivity index is 1.22. The molecule has 0 amide bonds. The summed E-state index contributed by atoms with van der Waals surface area (Å²) in [5.41, 5.74) is 3.00. The van der Waals surface area contributed by atoms with E-state index in [0.29, 0.717) is 5.02 Å². The Labute approximate surface area is 206 Å². The molecule has 0 aliphatic carbocycles. The highest BCUT2D eigenvalue weighted by Gasteiger charge is 2.32. The van der Waals surface area contributed by atoms with Gasteiger partial charge in [-0.25, -0.2) is 4.98 Å². The van der Waals surface area contributed by atoms with Crippen LogP contribution in [0.3, 0.4) is 0 Å². The maximum atomic E-state index is 6.25. The van der Waals surface area contributed by atoms with Crippen LogP contribution < -0.4 is 10.1 Å². The zero-order valence-electron chi connectivity index (χ0n) is 19.5. The molecule has 0 saturated carbocycles. The average molecular weight is 484 g/mol. The fraction of sp³-hybridized carbons (Fsp3) is 0.519. The topological polar surface area (TPSA) is 37.4 Å². The van der Waals surface area contributed by atoms with E-state index in [1.807, 2.05) is 24.3 Å². The maximum absolute atomic E-state index is 6.25. The molecule has 0 bridgehead atoms. The second kappa shape index (κ2) is 10.7. The highest BCUT2D eigenvalue weighted by molar-refractivity contribution is 7.99. The molecule has 2 atom stereocenters. The zero-order valence-corrected chi connectivity index (χ0v) is 21.1. The van der Waals surface area contributed by atoms with E-state index in [1.54, 1.807) is 7.11 Å². The van der Waals surface area contributed by atoms with Crippen molar-refractivity contribution in [1.29, 1.82) is 0 Å². The number of benzene rings is 2. The Kier molecular flexibility index (Phi) is 7.49. The fourth-order valence-electron chi connectivity index (χ4n) is 5.61. The van der Waals surface area contributed by atoms with Crippen LogP contribution >= 0.6 is 23.4 Å². The Morgan fingerprint density at radius 3 is 2.88 bits per heavy atom. The normalized spacial score (nSPS) is 21.3. The number of nitrogens with one attached hydrogen (secondary N) is 1. The number of methoxy groups -OCH3 is 1. The molecule has 2 saturated heterocycles. The van der Waals surface area contributed by atoms with Crippen LogP contribution in [0.2, 0.25) is 5.02 Å². The third-order valence-corrected chi connectivity index (χ3v) is 8.75. The Morgan fingerprint density at radius 1 is 1.06 bits per heavy atom. The fourth-order valence-corrected chi connectivity index (χ4v) is 6.98. The number of thioether (sulfide) groups is 1. The van der Waals surface area contributed by atoms with Crippen LogP contribution in [0.4, 0.5) is 5.69 Å². The third-order valence-electron chi connectivity index (χ3n) is 7.27. The lowest BCUT2D eigenvalue weighted by Gasteiger charge is -2.44. The minimum absolute atomic E-state index is 0.712. The molecule has 3 aromatic rings. The molecule has 0 radical (unpaired) electrons. The summed E-state index contributed by atoms with van der Waals surface area (Å²) in [6, 6.07) is 12.9. The summed E-state index contributed by atoms with van der Waals surface area (Å²) < 4.78 is 5.48. The molecule has 4 nitrogen and oxygen atoms in total. The van der Waals surface area contributed by atoms with Gasteiger partial charge in [-0.2, -0.15) is 11.8 Å². The molecule has 1 N–H and O–H groups in total. The smallest absolute Gasteiger partial charge is 0.119 e. The standard InChI is InChI=1S/C27H34ClN3OS/c1-32-21-9-11-24-23(17-21)27(22-10-8-20(28)16-25(22)30-24)29-12-5-15-33-18-19-6-4-14-31-13-3-2-7-26(19)31/h8-11,16-17,19,26H,2-7,12-15,18H2,1H3,(H,29,30)/t19-,26+/m0/s1. The summed E-state index contributed by atoms with van der Waals surface area (Å²) >= 11 is 8.40. The van der Waals surface area contributed by atoms with Crippen LogP contribution in [0.5, 0.6) is 5.75 Å². The van der Waals surface area contributed by atoms with Crippen LogP contribution in [-0.2, 0) is 0 Å². The first kappa shape index (κ1) is 23.1. The van der Waals surface area contributed by atoms with E-state index in [0.717, 1.165) is 58.2 Å². The summed E-state index contributed by atoms with van der Waals surface area (Å²) in [6.45, 7) is 3.61. The maximum Gasteiger partial charge on any atom is 0.119 e. The molecule has 1 aromatic heterocycles. The number of hydrogen-bond acceptors (Lipinski definition) is 5. The first-order valence-electron chi connectivity index (χ1n) is 12.4. The summed E-state index contributed by atoms with van der Waals surface area (Å²) in [4.78, 5) is 7.61. The van der Waals surface area contributed by atoms with Crippen molar-refractivity contribution in [3.05, 3.63) is 41.4 Å². The molecule has 5 rings (SSSR count). The third kappa shape index (κ3) is 5.21. The van der Waals surface area contributed by atoms with Crippen molar-refractivity contribution in [2.24, 2.45) is 5.92 Å². The number of halogens is 1. The molecule has 3 heterocycles. The molecular weight excluding hydrogens is 450 g/mol. The van der Waals surface area contributed by atoms with Crippen molar-refractivity contribution in [3.63, 3.8) is 0 Å². The first-order chi connectivity index (χ1) is 16.2. The molecule has 176 valence electrons. The summed E-state index contributed by atoms with van der Waals surface area (Å²) in [5.74, 6) is 4.26. The summed E-state index contributed by atoms with van der Waals surface area (Å²) in [7, 11) is 1.71. The summed E-state index contributed by atoms with van der Waals surface area (Å²) in [6.07, 6.45) is 8.20. The number of fused-ring (bicyclic) bond motifs is 3. The molecular formula is C27H34ClN3OS. The molecule has 0 unspecified atom stereocenters. The second-order valence-electron chi connectivity index (χ2n) is 9.39. The lowest BCUT2D eigenvalue weighted by atomic mass is 9.85. The lowest BCUT2D eigenvalue weighted by molar-refractivity contribution is 0.0693. The van der Waals surface area contributed by atoms with Gasteiger partial charge in [-0.05, 0) is 99.0 Å². The quantitative estimate of drug-likeness (QED) is 0.280. The van der Waals surface area contributed by atoms with Crippen molar-refractivity contribution >= 4 is 50.9 Å². The van der Waals surface area contributed by atoms with Gasteiger partial charge in [0.2, 0.25) is 0 Å². The van der Waals surface area contributed by atoms with Gasteiger partial charge in [0.05, 0.1) is 23.8 Å². The number of hydrogen-bond donors (Lipinski definition) is 1. The van der Waals surface area contributed by atoms with Crippen molar-refractivity contribution in [1.82, 2.24) is 9.88 Å². The predicted molar refractivity (Wildman–Crippen MR) is 143 cm³/mol. The van der Waals surface area contributed by atoms with Crippen LogP contribution in [0, 0.1) is 5.92 Å². The number of rotatable bonds is 8. The van der Waals surface area contributed by atoms with Gasteiger partial charge in [-0.15, -0.1) is 0 Å². The molecule has 6 heteroatoms. The van der Waals surface area contributed by atoms with Gasteiger partial charge in [0.25, 0.3) is 0 Å². The molecule has 2 aromatic carbocycles. The number of anilines is 1. The van der Waals surface area contributed by atoms with Crippen molar-refractivity contribution in [2.75, 3.05) is 43.6 Å². The van der Waals surface area contributed by atoms with E-state index < -0.39 is 0 Å². The van der Waals surface area contributed by atoms with E-state index in [9.17, 15) is 0 Å². The van der Waals surface area contributed by atoms with Gasteiger partial charge in [0, 0.05) is 28.4 Å². The molecule has 33 heavy (non-hydrogen) atoms. The van der Waals surface area contributed by atoms with E-state index in [1.165, 1.54) is 56.7 Å². The van der Waals surface area contributed by atoms with E-state index in [-0.39, 0.29) is 0 Å². The summed E-state index contributed by atoms with van der Waals surface area (Å²) in [5, 5.41) is 6.64. The second-order valence-corrected chi connectivity index (χ2v) is 11.0. The Morgan fingerprint density at radius 2 is 1.97 bits per heavy atom. The lowest BCUT2D eigenvalue weighted by Crippen LogP contribution is -2.48. The van der Waals surface area contributed by atoms with Gasteiger partial charge in [0.15, 0.2) is 0 Å². The largest absolute Gasteiger partial charge is 0.497 e. The highest BCUT2D eigenvalue weighted by Crippen LogP contribution is 2.35. The molecule has 0 spiro atoms. The number of piperidine rings is 2. The van der Waals surface area contributed by atoms with Crippen molar-refractivity contribution in [2.45, 2.75) is 44.6 Å². The van der Waals surface area contributed by atoms with Crippen LogP contribution in [0.1, 0.15) is 38.5 Å². The molecule has 2 fully saturated rings. The zero-order chi connectivity index (χ0) is 22.6. The first-order valence-corrected chi connectivity index (χ1v) is 13.9. The minimum Gasteiger partial charge on any atom is -0.497 e.